The van der Waals surface area contributed by atoms with Crippen LogP contribution < -0.4 is 5.32 Å². The summed E-state index contributed by atoms with van der Waals surface area (Å²) in [5.74, 6) is 1.07. The van der Waals surface area contributed by atoms with Crippen LogP contribution in [0.2, 0.25) is 0 Å². The smallest absolute Gasteiger partial charge is 0.251 e. The third-order valence-corrected chi connectivity index (χ3v) is 3.76. The van der Waals surface area contributed by atoms with Crippen LogP contribution in [0.5, 0.6) is 5.75 Å². The number of aromatic hydroxyl groups is 1. The van der Waals surface area contributed by atoms with Crippen molar-refractivity contribution >= 4 is 5.91 Å². The van der Waals surface area contributed by atoms with Crippen LogP contribution in [0.1, 0.15) is 39.9 Å². The fourth-order valence-corrected chi connectivity index (χ4v) is 2.48. The molecule has 0 saturated heterocycles. The number of phenols is 1. The molecule has 1 aromatic heterocycles. The molecule has 0 bridgehead atoms. The van der Waals surface area contributed by atoms with Crippen LogP contribution in [-0.2, 0) is 5.60 Å². The number of amides is 1. The average Bonchev–Trinajstić information content (AvgIpc) is 2.79. The molecule has 3 N–H and O–H groups in total. The van der Waals surface area contributed by atoms with Gasteiger partial charge in [0.05, 0.1) is 6.54 Å². The predicted octanol–water partition coefficient (Wildman–Crippen LogP) is 2.55. The lowest BCUT2D eigenvalue weighted by molar-refractivity contribution is 0.0513. The fraction of sp³-hybridized carbons (Fsp3) is 0.353. The van der Waals surface area contributed by atoms with Crippen LogP contribution in [0.3, 0.4) is 0 Å². The molecule has 0 spiro atoms. The number of aliphatic hydroxyl groups is 1. The summed E-state index contributed by atoms with van der Waals surface area (Å²) < 4.78 is 5.42. The second-order valence-corrected chi connectivity index (χ2v) is 5.73. The molecule has 118 valence electrons. The van der Waals surface area contributed by atoms with Gasteiger partial charge in [0.15, 0.2) is 0 Å². The van der Waals surface area contributed by atoms with Gasteiger partial charge in [-0.1, -0.05) is 6.07 Å². The molecule has 2 rings (SSSR count). The van der Waals surface area contributed by atoms with Crippen LogP contribution in [-0.4, -0.2) is 22.7 Å². The molecule has 22 heavy (non-hydrogen) atoms. The van der Waals surface area contributed by atoms with Gasteiger partial charge in [-0.15, -0.1) is 0 Å². The number of hydrogen-bond acceptors (Lipinski definition) is 4. The molecule has 1 aromatic carbocycles. The fourth-order valence-electron chi connectivity index (χ4n) is 2.48. The molecule has 1 amide bonds. The van der Waals surface area contributed by atoms with Gasteiger partial charge in [0.1, 0.15) is 22.9 Å². The van der Waals surface area contributed by atoms with Crippen LogP contribution in [0.25, 0.3) is 0 Å². The van der Waals surface area contributed by atoms with E-state index in [9.17, 15) is 15.0 Å². The summed E-state index contributed by atoms with van der Waals surface area (Å²) in [7, 11) is 0. The van der Waals surface area contributed by atoms with E-state index in [0.717, 1.165) is 0 Å². The molecule has 1 atom stereocenters. The Kier molecular flexibility index (Phi) is 4.28. The van der Waals surface area contributed by atoms with Gasteiger partial charge >= 0.3 is 0 Å². The molecule has 0 aliphatic heterocycles. The lowest BCUT2D eigenvalue weighted by Gasteiger charge is -2.23. The number of nitrogens with one attached hydrogen (secondary N) is 1. The third-order valence-electron chi connectivity index (χ3n) is 3.76. The zero-order valence-corrected chi connectivity index (χ0v) is 13.2. The van der Waals surface area contributed by atoms with E-state index < -0.39 is 5.60 Å². The highest BCUT2D eigenvalue weighted by Crippen LogP contribution is 2.26. The maximum Gasteiger partial charge on any atom is 0.251 e. The minimum absolute atomic E-state index is 0.0424. The lowest BCUT2D eigenvalue weighted by atomic mass is 9.96. The Morgan fingerprint density at radius 3 is 2.59 bits per heavy atom. The number of aryl methyl sites for hydroxylation is 2. The zero-order chi connectivity index (χ0) is 16.5. The number of furan rings is 1. The Morgan fingerprint density at radius 1 is 1.32 bits per heavy atom. The highest BCUT2D eigenvalue weighted by molar-refractivity contribution is 5.96. The van der Waals surface area contributed by atoms with E-state index in [-0.39, 0.29) is 18.2 Å². The molecular weight excluding hydrogens is 282 g/mol. The number of carbonyl (C=O) groups is 1. The van der Waals surface area contributed by atoms with Gasteiger partial charge in [-0.3, -0.25) is 4.79 Å². The van der Waals surface area contributed by atoms with Crippen molar-refractivity contribution in [3.8, 4) is 5.75 Å². The molecule has 1 heterocycles. The molecule has 2 aromatic rings. The lowest BCUT2D eigenvalue weighted by Crippen LogP contribution is -2.39. The van der Waals surface area contributed by atoms with E-state index in [2.05, 4.69) is 5.32 Å². The first-order valence-corrected chi connectivity index (χ1v) is 7.09. The van der Waals surface area contributed by atoms with E-state index in [0.29, 0.717) is 28.2 Å². The maximum atomic E-state index is 12.2. The first-order valence-electron chi connectivity index (χ1n) is 7.09. The van der Waals surface area contributed by atoms with Crippen LogP contribution in [0.15, 0.2) is 28.7 Å². The largest absolute Gasteiger partial charge is 0.508 e. The van der Waals surface area contributed by atoms with Gasteiger partial charge in [-0.05, 0) is 45.9 Å². The van der Waals surface area contributed by atoms with E-state index in [1.54, 1.807) is 45.9 Å². The van der Waals surface area contributed by atoms with Crippen LogP contribution in [0, 0.1) is 20.8 Å². The number of rotatable bonds is 4. The predicted molar refractivity (Wildman–Crippen MR) is 82.9 cm³/mol. The molecule has 0 radical (unpaired) electrons. The summed E-state index contributed by atoms with van der Waals surface area (Å²) in [5.41, 5.74) is 0.311. The Balaban J connectivity index is 2.13. The minimum atomic E-state index is -1.23. The van der Waals surface area contributed by atoms with Crippen LogP contribution in [0.4, 0.5) is 0 Å². The Labute approximate surface area is 129 Å². The van der Waals surface area contributed by atoms with Crippen molar-refractivity contribution in [1.82, 2.24) is 5.32 Å². The van der Waals surface area contributed by atoms with Crippen LogP contribution >= 0.6 is 0 Å². The van der Waals surface area contributed by atoms with Gasteiger partial charge in [-0.25, -0.2) is 0 Å². The van der Waals surface area contributed by atoms with Crippen molar-refractivity contribution in [3.05, 3.63) is 52.5 Å². The highest BCUT2D eigenvalue weighted by atomic mass is 16.3. The van der Waals surface area contributed by atoms with Gasteiger partial charge < -0.3 is 19.9 Å². The molecule has 0 aliphatic carbocycles. The first kappa shape index (κ1) is 16.1. The zero-order valence-electron chi connectivity index (χ0n) is 13.2. The van der Waals surface area contributed by atoms with E-state index in [1.165, 1.54) is 6.07 Å². The number of benzene rings is 1. The Bertz CT molecular complexity index is 701. The number of hydrogen-bond donors (Lipinski definition) is 3. The van der Waals surface area contributed by atoms with Gasteiger partial charge in [-0.2, -0.15) is 0 Å². The molecule has 5 nitrogen and oxygen atoms in total. The quantitative estimate of drug-likeness (QED) is 0.810. The Hall–Kier alpha value is -2.27. The van der Waals surface area contributed by atoms with E-state index in [1.807, 2.05) is 0 Å². The average molecular weight is 303 g/mol. The first-order chi connectivity index (χ1) is 10.2. The van der Waals surface area contributed by atoms with Gasteiger partial charge in [0, 0.05) is 16.7 Å². The van der Waals surface area contributed by atoms with Crippen molar-refractivity contribution in [2.75, 3.05) is 6.54 Å². The molecule has 0 fully saturated rings. The summed E-state index contributed by atoms with van der Waals surface area (Å²) >= 11 is 0. The highest BCUT2D eigenvalue weighted by Gasteiger charge is 2.28. The Morgan fingerprint density at radius 2 is 2.00 bits per heavy atom. The SMILES string of the molecule is Cc1cc(C(C)(O)CNC(=O)c2cccc(O)c2C)c(C)o1. The van der Waals surface area contributed by atoms with Crippen molar-refractivity contribution in [2.45, 2.75) is 33.3 Å². The maximum absolute atomic E-state index is 12.2. The van der Waals surface area contributed by atoms with Crippen molar-refractivity contribution in [1.29, 1.82) is 0 Å². The summed E-state index contributed by atoms with van der Waals surface area (Å²) in [5, 5.41) is 22.9. The molecular formula is C17H21NO4. The summed E-state index contributed by atoms with van der Waals surface area (Å²) in [6, 6.07) is 6.53. The molecule has 0 saturated carbocycles. The molecule has 5 heteroatoms. The second-order valence-electron chi connectivity index (χ2n) is 5.73. The molecule has 0 aliphatic rings. The van der Waals surface area contributed by atoms with Crippen molar-refractivity contribution in [3.63, 3.8) is 0 Å². The topological polar surface area (TPSA) is 82.7 Å². The monoisotopic (exact) mass is 303 g/mol. The van der Waals surface area contributed by atoms with E-state index in [4.69, 9.17) is 4.42 Å². The van der Waals surface area contributed by atoms with Gasteiger partial charge in [0.25, 0.3) is 5.91 Å². The summed E-state index contributed by atoms with van der Waals surface area (Å²) in [6.45, 7) is 6.92. The third kappa shape index (κ3) is 3.14. The standard InChI is InChI=1S/C17H21NO4/c1-10-8-14(12(3)22-10)17(4,21)9-18-16(20)13-6-5-7-15(19)11(13)2/h5-8,19,21H,9H2,1-4H3,(H,18,20). The summed E-state index contributed by atoms with van der Waals surface area (Å²) in [6.07, 6.45) is 0. The molecule has 1 unspecified atom stereocenters. The van der Waals surface area contributed by atoms with E-state index >= 15 is 0 Å². The second kappa shape index (κ2) is 5.85. The van der Waals surface area contributed by atoms with Crippen molar-refractivity contribution < 1.29 is 19.4 Å². The minimum Gasteiger partial charge on any atom is -0.508 e. The number of carbonyl (C=O) groups excluding carboxylic acids is 1. The number of phenolic OH excluding ortho intramolecular Hbond substituents is 1. The van der Waals surface area contributed by atoms with Gasteiger partial charge in [0.2, 0.25) is 0 Å². The summed E-state index contributed by atoms with van der Waals surface area (Å²) in [4.78, 5) is 12.2. The van der Waals surface area contributed by atoms with Crippen molar-refractivity contribution in [2.24, 2.45) is 0 Å². The normalized spacial score (nSPS) is 13.7.